The number of hydrogen-bond acceptors (Lipinski definition) is 3. The van der Waals surface area contributed by atoms with Crippen LogP contribution in [0.15, 0.2) is 53.4 Å². The van der Waals surface area contributed by atoms with Crippen LogP contribution in [0.1, 0.15) is 17.5 Å². The van der Waals surface area contributed by atoms with Gasteiger partial charge in [-0.2, -0.15) is 0 Å². The first-order chi connectivity index (χ1) is 11.7. The molecule has 1 heterocycles. The second-order valence-electron chi connectivity index (χ2n) is 6.47. The van der Waals surface area contributed by atoms with Crippen molar-refractivity contribution in [2.45, 2.75) is 11.3 Å². The SMILES string of the molecule is COc1cccc(/C=C2/c3ccccc3SCCC2CN(C)C)c1. The van der Waals surface area contributed by atoms with Crippen LogP contribution in [0, 0.1) is 5.92 Å². The predicted molar refractivity (Wildman–Crippen MR) is 105 cm³/mol. The van der Waals surface area contributed by atoms with Crippen LogP contribution >= 0.6 is 11.8 Å². The molecule has 2 aromatic carbocycles. The van der Waals surface area contributed by atoms with E-state index >= 15 is 0 Å². The van der Waals surface area contributed by atoms with Gasteiger partial charge in [0, 0.05) is 11.4 Å². The maximum Gasteiger partial charge on any atom is 0.119 e. The average molecular weight is 340 g/mol. The Morgan fingerprint density at radius 2 is 2.00 bits per heavy atom. The number of benzene rings is 2. The summed E-state index contributed by atoms with van der Waals surface area (Å²) in [6.07, 6.45) is 3.55. The summed E-state index contributed by atoms with van der Waals surface area (Å²) in [7, 11) is 6.04. The summed E-state index contributed by atoms with van der Waals surface area (Å²) in [6.45, 7) is 1.07. The molecule has 0 aromatic heterocycles. The van der Waals surface area contributed by atoms with Crippen LogP contribution in [0.2, 0.25) is 0 Å². The van der Waals surface area contributed by atoms with Crippen molar-refractivity contribution in [1.29, 1.82) is 0 Å². The lowest BCUT2D eigenvalue weighted by molar-refractivity contribution is 0.361. The highest BCUT2D eigenvalue weighted by molar-refractivity contribution is 7.99. The summed E-state index contributed by atoms with van der Waals surface area (Å²) >= 11 is 1.98. The lowest BCUT2D eigenvalue weighted by Crippen LogP contribution is -2.22. The number of ether oxygens (including phenoxy) is 1. The molecular weight excluding hydrogens is 314 g/mol. The summed E-state index contributed by atoms with van der Waals surface area (Å²) in [6, 6.07) is 17.1. The van der Waals surface area contributed by atoms with Crippen molar-refractivity contribution in [2.75, 3.05) is 33.5 Å². The van der Waals surface area contributed by atoms with Crippen LogP contribution in [0.4, 0.5) is 0 Å². The minimum atomic E-state index is 0.544. The third-order valence-corrected chi connectivity index (χ3v) is 5.47. The highest BCUT2D eigenvalue weighted by Crippen LogP contribution is 2.40. The first kappa shape index (κ1) is 17.1. The minimum absolute atomic E-state index is 0.544. The number of hydrogen-bond donors (Lipinski definition) is 0. The number of nitrogens with zero attached hydrogens (tertiary/aromatic N) is 1. The predicted octanol–water partition coefficient (Wildman–Crippen LogP) is 4.91. The van der Waals surface area contributed by atoms with E-state index in [1.165, 1.54) is 33.8 Å². The van der Waals surface area contributed by atoms with Crippen molar-refractivity contribution in [3.05, 3.63) is 59.7 Å². The molecule has 0 saturated carbocycles. The van der Waals surface area contributed by atoms with E-state index in [2.05, 4.69) is 67.5 Å². The number of thioether (sulfide) groups is 1. The van der Waals surface area contributed by atoms with E-state index in [0.29, 0.717) is 5.92 Å². The molecule has 0 fully saturated rings. The van der Waals surface area contributed by atoms with Gasteiger partial charge in [0.1, 0.15) is 5.75 Å². The fourth-order valence-electron chi connectivity index (χ4n) is 3.25. The Kier molecular flexibility index (Phi) is 5.64. The van der Waals surface area contributed by atoms with Crippen LogP contribution in [0.25, 0.3) is 11.6 Å². The molecule has 24 heavy (non-hydrogen) atoms. The molecule has 0 radical (unpaired) electrons. The zero-order valence-corrected chi connectivity index (χ0v) is 15.5. The van der Waals surface area contributed by atoms with Crippen LogP contribution in [0.3, 0.4) is 0 Å². The zero-order valence-electron chi connectivity index (χ0n) is 14.7. The summed E-state index contributed by atoms with van der Waals surface area (Å²) in [5.41, 5.74) is 4.03. The van der Waals surface area contributed by atoms with E-state index < -0.39 is 0 Å². The van der Waals surface area contributed by atoms with E-state index in [4.69, 9.17) is 4.74 Å². The van der Waals surface area contributed by atoms with E-state index in [1.807, 2.05) is 17.8 Å². The van der Waals surface area contributed by atoms with Gasteiger partial charge in [-0.05, 0) is 67.1 Å². The molecule has 1 unspecified atom stereocenters. The third-order valence-electron chi connectivity index (χ3n) is 4.36. The number of rotatable bonds is 4. The third kappa shape index (κ3) is 4.03. The topological polar surface area (TPSA) is 12.5 Å². The van der Waals surface area contributed by atoms with E-state index in [-0.39, 0.29) is 0 Å². The van der Waals surface area contributed by atoms with Crippen molar-refractivity contribution < 1.29 is 4.74 Å². The molecule has 1 atom stereocenters. The molecule has 2 aromatic rings. The second kappa shape index (κ2) is 7.91. The fourth-order valence-corrected chi connectivity index (χ4v) is 4.39. The van der Waals surface area contributed by atoms with Gasteiger partial charge < -0.3 is 9.64 Å². The van der Waals surface area contributed by atoms with Gasteiger partial charge in [0.25, 0.3) is 0 Å². The molecule has 1 aliphatic rings. The van der Waals surface area contributed by atoms with E-state index in [1.54, 1.807) is 7.11 Å². The Morgan fingerprint density at radius 1 is 1.17 bits per heavy atom. The van der Waals surface area contributed by atoms with Gasteiger partial charge >= 0.3 is 0 Å². The van der Waals surface area contributed by atoms with Crippen molar-refractivity contribution >= 4 is 23.4 Å². The Balaban J connectivity index is 2.07. The fraction of sp³-hybridized carbons (Fsp3) is 0.333. The quantitative estimate of drug-likeness (QED) is 0.785. The van der Waals surface area contributed by atoms with Gasteiger partial charge in [-0.15, -0.1) is 11.8 Å². The summed E-state index contributed by atoms with van der Waals surface area (Å²) in [4.78, 5) is 3.69. The van der Waals surface area contributed by atoms with Gasteiger partial charge in [0.2, 0.25) is 0 Å². The first-order valence-electron chi connectivity index (χ1n) is 8.40. The highest BCUT2D eigenvalue weighted by atomic mass is 32.2. The molecule has 0 amide bonds. The molecule has 0 N–H and O–H groups in total. The van der Waals surface area contributed by atoms with Gasteiger partial charge in [-0.3, -0.25) is 0 Å². The highest BCUT2D eigenvalue weighted by Gasteiger charge is 2.22. The first-order valence-corrected chi connectivity index (χ1v) is 9.38. The standard InChI is InChI=1S/C21H25NOS/c1-22(2)15-17-11-12-24-21-10-5-4-9-19(21)20(17)14-16-7-6-8-18(13-16)23-3/h4-10,13-14,17H,11-12,15H2,1-3H3/b20-14+. The number of methoxy groups -OCH3 is 1. The van der Waals surface area contributed by atoms with Crippen LogP contribution < -0.4 is 4.74 Å². The van der Waals surface area contributed by atoms with Gasteiger partial charge in [0.05, 0.1) is 7.11 Å². The zero-order chi connectivity index (χ0) is 16.9. The van der Waals surface area contributed by atoms with Crippen molar-refractivity contribution in [3.8, 4) is 5.75 Å². The molecule has 3 rings (SSSR count). The smallest absolute Gasteiger partial charge is 0.119 e. The molecule has 2 nitrogen and oxygen atoms in total. The molecular formula is C21H25NOS. The van der Waals surface area contributed by atoms with E-state index in [0.717, 1.165) is 12.3 Å². The lowest BCUT2D eigenvalue weighted by Gasteiger charge is -2.23. The second-order valence-corrected chi connectivity index (χ2v) is 7.61. The Hall–Kier alpha value is -1.71. The molecule has 0 spiro atoms. The molecule has 126 valence electrons. The number of fused-ring (bicyclic) bond motifs is 1. The Morgan fingerprint density at radius 3 is 2.79 bits per heavy atom. The van der Waals surface area contributed by atoms with Crippen LogP contribution in [0.5, 0.6) is 5.75 Å². The molecule has 1 aliphatic heterocycles. The molecule has 3 heteroatoms. The monoisotopic (exact) mass is 339 g/mol. The Labute approximate surface area is 149 Å². The summed E-state index contributed by atoms with van der Waals surface area (Å²) < 4.78 is 5.39. The summed E-state index contributed by atoms with van der Waals surface area (Å²) in [5, 5.41) is 0. The maximum atomic E-state index is 5.39. The Bertz CT molecular complexity index is 723. The molecule has 0 bridgehead atoms. The van der Waals surface area contributed by atoms with Gasteiger partial charge in [0.15, 0.2) is 0 Å². The maximum absolute atomic E-state index is 5.39. The van der Waals surface area contributed by atoms with Crippen molar-refractivity contribution in [3.63, 3.8) is 0 Å². The van der Waals surface area contributed by atoms with Crippen molar-refractivity contribution in [2.24, 2.45) is 5.92 Å². The van der Waals surface area contributed by atoms with Crippen LogP contribution in [-0.4, -0.2) is 38.4 Å². The van der Waals surface area contributed by atoms with Crippen molar-refractivity contribution in [1.82, 2.24) is 4.90 Å². The molecule has 0 aliphatic carbocycles. The normalized spacial score (nSPS) is 19.2. The average Bonchev–Trinajstić information content (AvgIpc) is 2.75. The van der Waals surface area contributed by atoms with Gasteiger partial charge in [-0.1, -0.05) is 36.4 Å². The minimum Gasteiger partial charge on any atom is -0.497 e. The van der Waals surface area contributed by atoms with E-state index in [9.17, 15) is 0 Å². The van der Waals surface area contributed by atoms with Crippen LogP contribution in [-0.2, 0) is 0 Å². The summed E-state index contributed by atoms with van der Waals surface area (Å²) in [5.74, 6) is 2.62. The molecule has 0 saturated heterocycles. The lowest BCUT2D eigenvalue weighted by atomic mass is 9.88. The van der Waals surface area contributed by atoms with Gasteiger partial charge in [-0.25, -0.2) is 0 Å². The largest absolute Gasteiger partial charge is 0.497 e.